The van der Waals surface area contributed by atoms with Crippen LogP contribution >= 0.6 is 12.2 Å². The van der Waals surface area contributed by atoms with Gasteiger partial charge in [0, 0.05) is 36.3 Å². The van der Waals surface area contributed by atoms with Crippen molar-refractivity contribution < 1.29 is 9.72 Å². The van der Waals surface area contributed by atoms with Gasteiger partial charge in [-0.05, 0) is 48.5 Å². The summed E-state index contributed by atoms with van der Waals surface area (Å²) in [6.07, 6.45) is 3.56. The number of benzene rings is 1. The first-order chi connectivity index (χ1) is 12.4. The van der Waals surface area contributed by atoms with Gasteiger partial charge < -0.3 is 9.88 Å². The monoisotopic (exact) mass is 370 g/mol. The molecular weight excluding hydrogens is 352 g/mol. The number of carbonyl (C=O) groups is 1. The van der Waals surface area contributed by atoms with E-state index in [1.54, 1.807) is 23.1 Å². The van der Waals surface area contributed by atoms with Gasteiger partial charge in [-0.15, -0.1) is 0 Å². The van der Waals surface area contributed by atoms with E-state index in [1.165, 1.54) is 12.1 Å². The second-order valence-corrected chi connectivity index (χ2v) is 6.76. The Bertz CT molecular complexity index is 899. The molecule has 1 aliphatic rings. The van der Waals surface area contributed by atoms with Crippen molar-refractivity contribution in [2.45, 2.75) is 13.8 Å². The van der Waals surface area contributed by atoms with Gasteiger partial charge in [0.05, 0.1) is 4.92 Å². The SMILES string of the molecule is CC(C)CN1C(=O)/C(=C\c2cccn2-c2ccc([N+](=O)[O-])cc2)NC1=S. The lowest BCUT2D eigenvalue weighted by Gasteiger charge is -2.16. The van der Waals surface area contributed by atoms with E-state index in [-0.39, 0.29) is 11.6 Å². The summed E-state index contributed by atoms with van der Waals surface area (Å²) >= 11 is 5.26. The Hall–Kier alpha value is -3.00. The van der Waals surface area contributed by atoms with Crippen LogP contribution in [0, 0.1) is 16.0 Å². The molecule has 2 heterocycles. The topological polar surface area (TPSA) is 80.4 Å². The van der Waals surface area contributed by atoms with Crippen LogP contribution in [0.25, 0.3) is 11.8 Å². The number of nitro groups is 1. The van der Waals surface area contributed by atoms with Gasteiger partial charge in [-0.25, -0.2) is 0 Å². The van der Waals surface area contributed by atoms with Gasteiger partial charge in [0.2, 0.25) is 0 Å². The van der Waals surface area contributed by atoms with Crippen molar-refractivity contribution in [1.29, 1.82) is 0 Å². The highest BCUT2D eigenvalue weighted by atomic mass is 32.1. The third kappa shape index (κ3) is 3.50. The summed E-state index contributed by atoms with van der Waals surface area (Å²) < 4.78 is 1.85. The molecule has 0 saturated carbocycles. The third-order valence-corrected chi connectivity index (χ3v) is 4.24. The molecular formula is C18H18N4O3S. The molecule has 2 aromatic rings. The lowest BCUT2D eigenvalue weighted by atomic mass is 10.2. The molecule has 0 radical (unpaired) electrons. The van der Waals surface area contributed by atoms with Gasteiger partial charge in [0.25, 0.3) is 11.6 Å². The van der Waals surface area contributed by atoms with E-state index in [4.69, 9.17) is 12.2 Å². The molecule has 0 spiro atoms. The summed E-state index contributed by atoms with van der Waals surface area (Å²) in [5.74, 6) is 0.155. The molecule has 0 atom stereocenters. The van der Waals surface area contributed by atoms with E-state index >= 15 is 0 Å². The van der Waals surface area contributed by atoms with Gasteiger partial charge in [0.15, 0.2) is 5.11 Å². The van der Waals surface area contributed by atoms with Crippen molar-refractivity contribution in [2.24, 2.45) is 5.92 Å². The van der Waals surface area contributed by atoms with E-state index in [0.29, 0.717) is 23.3 Å². The summed E-state index contributed by atoms with van der Waals surface area (Å²) in [5, 5.41) is 14.2. The molecule has 1 fully saturated rings. The first kappa shape index (κ1) is 17.8. The Morgan fingerprint density at radius 2 is 1.96 bits per heavy atom. The Kier molecular flexibility index (Phi) is 4.85. The summed E-state index contributed by atoms with van der Waals surface area (Å²) in [4.78, 5) is 24.5. The molecule has 7 nitrogen and oxygen atoms in total. The van der Waals surface area contributed by atoms with Crippen molar-refractivity contribution in [3.63, 3.8) is 0 Å². The normalized spacial score (nSPS) is 15.8. The minimum atomic E-state index is -0.437. The van der Waals surface area contributed by atoms with E-state index in [2.05, 4.69) is 5.32 Å². The van der Waals surface area contributed by atoms with Gasteiger partial charge in [-0.2, -0.15) is 0 Å². The number of non-ortho nitro benzene ring substituents is 1. The molecule has 3 rings (SSSR count). The van der Waals surface area contributed by atoms with Crippen LogP contribution in [-0.4, -0.2) is 32.0 Å². The molecule has 0 aliphatic carbocycles. The van der Waals surface area contributed by atoms with Gasteiger partial charge in [-0.3, -0.25) is 19.8 Å². The molecule has 26 heavy (non-hydrogen) atoms. The minimum Gasteiger partial charge on any atom is -0.328 e. The number of aromatic nitrogens is 1. The molecule has 134 valence electrons. The zero-order chi connectivity index (χ0) is 18.8. The number of hydrogen-bond acceptors (Lipinski definition) is 4. The standard InChI is InChI=1S/C18H18N4O3S/c1-12(2)11-21-17(23)16(19-18(21)26)10-15-4-3-9-20(15)13-5-7-14(8-6-13)22(24)25/h3-10,12H,11H2,1-2H3,(H,19,26)/b16-10+. The number of rotatable bonds is 5. The Labute approximate surface area is 156 Å². The quantitative estimate of drug-likeness (QED) is 0.379. The lowest BCUT2D eigenvalue weighted by molar-refractivity contribution is -0.384. The number of hydrogen-bond donors (Lipinski definition) is 1. The molecule has 1 N–H and O–H groups in total. The smallest absolute Gasteiger partial charge is 0.276 e. The highest BCUT2D eigenvalue weighted by Crippen LogP contribution is 2.21. The van der Waals surface area contributed by atoms with Crippen molar-refractivity contribution in [3.8, 4) is 5.69 Å². The molecule has 1 saturated heterocycles. The second-order valence-electron chi connectivity index (χ2n) is 6.37. The van der Waals surface area contributed by atoms with Crippen LogP contribution in [-0.2, 0) is 4.79 Å². The number of thiocarbonyl (C=S) groups is 1. The first-order valence-corrected chi connectivity index (χ1v) is 8.54. The Morgan fingerprint density at radius 1 is 1.27 bits per heavy atom. The summed E-state index contributed by atoms with van der Waals surface area (Å²) in [6, 6.07) is 9.93. The number of nitrogens with one attached hydrogen (secondary N) is 1. The Balaban J connectivity index is 1.89. The predicted molar refractivity (Wildman–Crippen MR) is 103 cm³/mol. The molecule has 0 unspecified atom stereocenters. The van der Waals surface area contributed by atoms with Crippen LogP contribution in [0.15, 0.2) is 48.3 Å². The highest BCUT2D eigenvalue weighted by Gasteiger charge is 2.31. The van der Waals surface area contributed by atoms with Gasteiger partial charge in [-0.1, -0.05) is 13.8 Å². The number of amides is 1. The van der Waals surface area contributed by atoms with E-state index in [9.17, 15) is 14.9 Å². The minimum absolute atomic E-state index is 0.0307. The summed E-state index contributed by atoms with van der Waals surface area (Å²) in [6.45, 7) is 4.61. The van der Waals surface area contributed by atoms with Crippen LogP contribution in [0.1, 0.15) is 19.5 Å². The van der Waals surface area contributed by atoms with Crippen LogP contribution in [0.3, 0.4) is 0 Å². The zero-order valence-corrected chi connectivity index (χ0v) is 15.2. The third-order valence-electron chi connectivity index (χ3n) is 3.92. The number of nitro benzene ring substituents is 1. The maximum absolute atomic E-state index is 12.6. The summed E-state index contributed by atoms with van der Waals surface area (Å²) in [7, 11) is 0. The number of carbonyl (C=O) groups excluding carboxylic acids is 1. The maximum atomic E-state index is 12.6. The molecule has 0 bridgehead atoms. The fourth-order valence-electron chi connectivity index (χ4n) is 2.73. The van der Waals surface area contributed by atoms with E-state index in [0.717, 1.165) is 11.4 Å². The average molecular weight is 370 g/mol. The van der Waals surface area contributed by atoms with Crippen molar-refractivity contribution in [3.05, 3.63) is 64.1 Å². The van der Waals surface area contributed by atoms with Crippen LogP contribution in [0.2, 0.25) is 0 Å². The largest absolute Gasteiger partial charge is 0.328 e. The maximum Gasteiger partial charge on any atom is 0.276 e. The second kappa shape index (κ2) is 7.09. The molecule has 8 heteroatoms. The lowest BCUT2D eigenvalue weighted by Crippen LogP contribution is -2.33. The zero-order valence-electron chi connectivity index (χ0n) is 14.4. The van der Waals surface area contributed by atoms with E-state index < -0.39 is 4.92 Å². The van der Waals surface area contributed by atoms with Crippen LogP contribution < -0.4 is 5.32 Å². The molecule has 1 aromatic heterocycles. The average Bonchev–Trinajstić information content (AvgIpc) is 3.15. The van der Waals surface area contributed by atoms with Gasteiger partial charge >= 0.3 is 0 Å². The van der Waals surface area contributed by atoms with Gasteiger partial charge in [0.1, 0.15) is 5.70 Å². The molecule has 1 aliphatic heterocycles. The Morgan fingerprint density at radius 3 is 2.58 bits per heavy atom. The van der Waals surface area contributed by atoms with Crippen LogP contribution in [0.5, 0.6) is 0 Å². The first-order valence-electron chi connectivity index (χ1n) is 8.13. The van der Waals surface area contributed by atoms with E-state index in [1.807, 2.05) is 36.7 Å². The number of nitrogens with zero attached hydrogens (tertiary/aromatic N) is 3. The molecule has 1 aromatic carbocycles. The highest BCUT2D eigenvalue weighted by molar-refractivity contribution is 7.80. The fraction of sp³-hybridized carbons (Fsp3) is 0.222. The molecule has 1 amide bonds. The fourth-order valence-corrected chi connectivity index (χ4v) is 3.00. The van der Waals surface area contributed by atoms with Crippen LogP contribution in [0.4, 0.5) is 5.69 Å². The summed E-state index contributed by atoms with van der Waals surface area (Å²) in [5.41, 5.74) is 1.98. The van der Waals surface area contributed by atoms with Crippen molar-refractivity contribution in [1.82, 2.24) is 14.8 Å². The van der Waals surface area contributed by atoms with Crippen molar-refractivity contribution in [2.75, 3.05) is 6.54 Å². The van der Waals surface area contributed by atoms with Crippen molar-refractivity contribution >= 4 is 35.0 Å². The predicted octanol–water partition coefficient (Wildman–Crippen LogP) is 3.10.